The number of esters is 1. The molecule has 1 aromatic rings. The summed E-state index contributed by atoms with van der Waals surface area (Å²) in [4.78, 5) is 11.4. The van der Waals surface area contributed by atoms with Crippen molar-refractivity contribution in [2.45, 2.75) is 6.92 Å². The number of benzene rings is 1. The minimum absolute atomic E-state index is 0.174. The van der Waals surface area contributed by atoms with E-state index in [1.54, 1.807) is 6.92 Å². The van der Waals surface area contributed by atoms with Crippen LogP contribution in [-0.2, 0) is 9.53 Å². The highest BCUT2D eigenvalue weighted by atomic mass is 19.1. The molecule has 7 heteroatoms. The van der Waals surface area contributed by atoms with Crippen molar-refractivity contribution in [1.82, 2.24) is 0 Å². The van der Waals surface area contributed by atoms with Gasteiger partial charge in [-0.05, 0) is 31.2 Å². The molecule has 0 aliphatic rings. The summed E-state index contributed by atoms with van der Waals surface area (Å²) >= 11 is 0. The molecule has 18 heavy (non-hydrogen) atoms. The average Bonchev–Trinajstić information content (AvgIpc) is 2.36. The molecule has 0 atom stereocenters. The van der Waals surface area contributed by atoms with Crippen molar-refractivity contribution >= 4 is 23.6 Å². The van der Waals surface area contributed by atoms with E-state index in [4.69, 9.17) is 9.94 Å². The quantitative estimate of drug-likeness (QED) is 0.361. The van der Waals surface area contributed by atoms with E-state index >= 15 is 0 Å². The Bertz CT molecular complexity index is 457. The zero-order valence-electron chi connectivity index (χ0n) is 9.63. The smallest absolute Gasteiger partial charge is 0.360 e. The molecular weight excluding hydrogens is 241 g/mol. The summed E-state index contributed by atoms with van der Waals surface area (Å²) in [5, 5.41) is 14.8. The molecule has 0 saturated heterocycles. The van der Waals surface area contributed by atoms with Crippen LogP contribution < -0.4 is 5.43 Å². The predicted octanol–water partition coefficient (Wildman–Crippen LogP) is 1.62. The van der Waals surface area contributed by atoms with Gasteiger partial charge in [-0.25, -0.2) is 9.18 Å². The normalized spacial score (nSPS) is 11.6. The minimum Gasteiger partial charge on any atom is -0.461 e. The van der Waals surface area contributed by atoms with Gasteiger partial charge in [0.05, 0.1) is 12.3 Å². The number of hydrazone groups is 1. The molecule has 0 aliphatic heterocycles. The second-order valence-electron chi connectivity index (χ2n) is 3.08. The van der Waals surface area contributed by atoms with E-state index in [1.807, 2.05) is 0 Å². The Labute approximate surface area is 103 Å². The molecule has 96 valence electrons. The van der Waals surface area contributed by atoms with Gasteiger partial charge in [-0.1, -0.05) is 5.16 Å². The van der Waals surface area contributed by atoms with Crippen LogP contribution in [0.15, 0.2) is 34.5 Å². The van der Waals surface area contributed by atoms with E-state index in [1.165, 1.54) is 24.3 Å². The Hall–Kier alpha value is -2.44. The van der Waals surface area contributed by atoms with Crippen molar-refractivity contribution in [3.05, 3.63) is 30.1 Å². The topological polar surface area (TPSA) is 83.3 Å². The summed E-state index contributed by atoms with van der Waals surface area (Å²) in [7, 11) is 0. The molecule has 0 aliphatic carbocycles. The van der Waals surface area contributed by atoms with Crippen LogP contribution in [0.2, 0.25) is 0 Å². The number of carbonyl (C=O) groups is 1. The number of nitrogens with zero attached hydrogens (tertiary/aromatic N) is 2. The van der Waals surface area contributed by atoms with Crippen LogP contribution in [0.25, 0.3) is 0 Å². The predicted molar refractivity (Wildman–Crippen MR) is 64.4 cm³/mol. The van der Waals surface area contributed by atoms with Gasteiger partial charge < -0.3 is 9.94 Å². The van der Waals surface area contributed by atoms with Crippen LogP contribution >= 0.6 is 0 Å². The molecule has 1 rings (SSSR count). The van der Waals surface area contributed by atoms with Crippen LogP contribution in [0.1, 0.15) is 6.92 Å². The number of nitrogens with one attached hydrogen (secondary N) is 1. The fourth-order valence-electron chi connectivity index (χ4n) is 1.04. The Morgan fingerprint density at radius 1 is 1.50 bits per heavy atom. The third kappa shape index (κ3) is 4.20. The van der Waals surface area contributed by atoms with Gasteiger partial charge in [0.15, 0.2) is 5.71 Å². The monoisotopic (exact) mass is 253 g/mol. The second kappa shape index (κ2) is 7.00. The lowest BCUT2D eigenvalue weighted by molar-refractivity contribution is -0.134. The fourth-order valence-corrected chi connectivity index (χ4v) is 1.04. The molecule has 2 N–H and O–H groups in total. The molecule has 0 fully saturated rings. The van der Waals surface area contributed by atoms with Crippen molar-refractivity contribution in [3.8, 4) is 0 Å². The van der Waals surface area contributed by atoms with Crippen LogP contribution in [-0.4, -0.2) is 29.7 Å². The Balaban J connectivity index is 2.77. The van der Waals surface area contributed by atoms with Crippen LogP contribution in [0.3, 0.4) is 0 Å². The molecular formula is C11H12FN3O3. The summed E-state index contributed by atoms with van der Waals surface area (Å²) in [6, 6.07) is 5.36. The summed E-state index contributed by atoms with van der Waals surface area (Å²) in [6.45, 7) is 1.81. The summed E-state index contributed by atoms with van der Waals surface area (Å²) in [5.41, 5.74) is 2.79. The molecule has 0 amide bonds. The molecule has 0 heterocycles. The number of anilines is 1. The first-order chi connectivity index (χ1) is 8.67. The second-order valence-corrected chi connectivity index (χ2v) is 3.08. The molecule has 0 unspecified atom stereocenters. The van der Waals surface area contributed by atoms with Gasteiger partial charge in [0.2, 0.25) is 0 Å². The average molecular weight is 253 g/mol. The molecule has 0 saturated carbocycles. The third-order valence-corrected chi connectivity index (χ3v) is 1.81. The van der Waals surface area contributed by atoms with Gasteiger partial charge in [-0.2, -0.15) is 5.10 Å². The zero-order valence-corrected chi connectivity index (χ0v) is 9.63. The van der Waals surface area contributed by atoms with E-state index in [2.05, 4.69) is 15.7 Å². The van der Waals surface area contributed by atoms with E-state index in [0.29, 0.717) is 5.69 Å². The third-order valence-electron chi connectivity index (χ3n) is 1.81. The number of oxime groups is 1. The van der Waals surface area contributed by atoms with E-state index in [9.17, 15) is 9.18 Å². The van der Waals surface area contributed by atoms with Gasteiger partial charge in [-0.3, -0.25) is 5.43 Å². The lowest BCUT2D eigenvalue weighted by Crippen LogP contribution is -2.20. The highest BCUT2D eigenvalue weighted by Gasteiger charge is 2.10. The van der Waals surface area contributed by atoms with Crippen molar-refractivity contribution < 1.29 is 19.1 Å². The first-order valence-electron chi connectivity index (χ1n) is 5.11. The van der Waals surface area contributed by atoms with E-state index in [0.717, 1.165) is 6.21 Å². The van der Waals surface area contributed by atoms with Crippen LogP contribution in [0.4, 0.5) is 10.1 Å². The lowest BCUT2D eigenvalue weighted by atomic mass is 10.3. The largest absolute Gasteiger partial charge is 0.461 e. The SMILES string of the molecule is CCOC(=O)C(/C=N/O)=N\Nc1ccc(F)cc1. The number of hydrogen-bond donors (Lipinski definition) is 2. The molecule has 0 radical (unpaired) electrons. The van der Waals surface area contributed by atoms with Gasteiger partial charge in [0, 0.05) is 0 Å². The molecule has 0 bridgehead atoms. The first-order valence-corrected chi connectivity index (χ1v) is 5.11. The highest BCUT2D eigenvalue weighted by molar-refractivity contribution is 6.59. The van der Waals surface area contributed by atoms with Gasteiger partial charge in [-0.15, -0.1) is 0 Å². The number of ether oxygens (including phenoxy) is 1. The zero-order chi connectivity index (χ0) is 13.4. The highest BCUT2D eigenvalue weighted by Crippen LogP contribution is 2.07. The lowest BCUT2D eigenvalue weighted by Gasteiger charge is -2.03. The Kier molecular flexibility index (Phi) is 5.30. The summed E-state index contributed by atoms with van der Waals surface area (Å²) in [5.74, 6) is -1.11. The number of hydrogen-bond acceptors (Lipinski definition) is 6. The van der Waals surface area contributed by atoms with Crippen molar-refractivity contribution in [2.24, 2.45) is 10.3 Å². The number of carbonyl (C=O) groups excluding carboxylic acids is 1. The molecule has 1 aromatic carbocycles. The number of rotatable bonds is 5. The van der Waals surface area contributed by atoms with Crippen LogP contribution in [0.5, 0.6) is 0 Å². The maximum atomic E-state index is 12.6. The molecule has 0 aromatic heterocycles. The molecule has 0 spiro atoms. The van der Waals surface area contributed by atoms with Gasteiger partial charge in [0.1, 0.15) is 12.0 Å². The van der Waals surface area contributed by atoms with Crippen molar-refractivity contribution in [1.29, 1.82) is 0 Å². The molecule has 6 nitrogen and oxygen atoms in total. The Morgan fingerprint density at radius 2 is 2.17 bits per heavy atom. The Morgan fingerprint density at radius 3 is 2.72 bits per heavy atom. The summed E-state index contributed by atoms with van der Waals surface area (Å²) in [6.07, 6.45) is 0.842. The van der Waals surface area contributed by atoms with Crippen molar-refractivity contribution in [3.63, 3.8) is 0 Å². The van der Waals surface area contributed by atoms with E-state index in [-0.39, 0.29) is 18.1 Å². The van der Waals surface area contributed by atoms with Crippen LogP contribution in [0, 0.1) is 5.82 Å². The first kappa shape index (κ1) is 13.6. The van der Waals surface area contributed by atoms with Crippen molar-refractivity contribution in [2.75, 3.05) is 12.0 Å². The minimum atomic E-state index is -0.732. The van der Waals surface area contributed by atoms with Gasteiger partial charge >= 0.3 is 5.97 Å². The van der Waals surface area contributed by atoms with Gasteiger partial charge in [0.25, 0.3) is 0 Å². The van der Waals surface area contributed by atoms with E-state index < -0.39 is 5.97 Å². The fraction of sp³-hybridized carbons (Fsp3) is 0.182. The summed E-state index contributed by atoms with van der Waals surface area (Å²) < 4.78 is 17.3. The standard InChI is InChI=1S/C11H12FN3O3/c1-2-18-11(16)10(7-13-17)15-14-9-5-3-8(12)4-6-9/h3-7,14,17H,2H2,1H3/b13-7+,15-10-. The number of halogens is 1. The maximum Gasteiger partial charge on any atom is 0.360 e. The maximum absolute atomic E-state index is 12.6.